The van der Waals surface area contributed by atoms with Crippen LogP contribution in [0.25, 0.3) is 0 Å². The molecule has 0 N–H and O–H groups in total. The number of ether oxygens (including phenoxy) is 8. The van der Waals surface area contributed by atoms with Crippen LogP contribution >= 0.6 is 0 Å². The monoisotopic (exact) mass is 408 g/mol. The molecular formula is C20H40O8. The van der Waals surface area contributed by atoms with Gasteiger partial charge in [-0.2, -0.15) is 0 Å². The third-order valence-corrected chi connectivity index (χ3v) is 5.20. The van der Waals surface area contributed by atoms with E-state index in [2.05, 4.69) is 11.7 Å². The van der Waals surface area contributed by atoms with Gasteiger partial charge in [0.25, 0.3) is 0 Å². The molecule has 5 unspecified atom stereocenters. The van der Waals surface area contributed by atoms with E-state index < -0.39 is 0 Å². The van der Waals surface area contributed by atoms with Crippen LogP contribution in [0.2, 0.25) is 0 Å². The third-order valence-electron chi connectivity index (χ3n) is 5.20. The molecule has 0 aromatic carbocycles. The maximum atomic E-state index is 6.32. The zero-order valence-electron chi connectivity index (χ0n) is 18.7. The first kappa shape index (κ1) is 25.7. The van der Waals surface area contributed by atoms with E-state index in [9.17, 15) is 0 Å². The summed E-state index contributed by atoms with van der Waals surface area (Å²) in [6, 6.07) is 0. The van der Waals surface area contributed by atoms with Gasteiger partial charge in [0.2, 0.25) is 0 Å². The van der Waals surface area contributed by atoms with Crippen LogP contribution in [0.1, 0.15) is 26.7 Å². The van der Waals surface area contributed by atoms with Gasteiger partial charge < -0.3 is 37.9 Å². The highest BCUT2D eigenvalue weighted by molar-refractivity contribution is 4.94. The van der Waals surface area contributed by atoms with Crippen LogP contribution in [-0.4, -0.2) is 98.8 Å². The van der Waals surface area contributed by atoms with Gasteiger partial charge in [-0.25, -0.2) is 0 Å². The summed E-state index contributed by atoms with van der Waals surface area (Å²) in [6.07, 6.45) is 0.458. The quantitative estimate of drug-likeness (QED) is 0.603. The van der Waals surface area contributed by atoms with Crippen molar-refractivity contribution in [3.8, 4) is 0 Å². The van der Waals surface area contributed by atoms with E-state index >= 15 is 0 Å². The molecule has 2 aliphatic rings. The summed E-state index contributed by atoms with van der Waals surface area (Å²) in [5.74, 6) is 0.446. The molecule has 8 nitrogen and oxygen atoms in total. The highest BCUT2D eigenvalue weighted by atomic mass is 16.7. The Morgan fingerprint density at radius 3 is 1.82 bits per heavy atom. The Kier molecular flexibility index (Phi) is 12.7. The fraction of sp³-hybridized carbons (Fsp3) is 1.00. The van der Waals surface area contributed by atoms with Crippen LogP contribution in [0.5, 0.6) is 0 Å². The van der Waals surface area contributed by atoms with Crippen LogP contribution in [-0.2, 0) is 37.9 Å². The molecule has 0 spiro atoms. The second-order valence-electron chi connectivity index (χ2n) is 7.36. The highest BCUT2D eigenvalue weighted by Gasteiger charge is 2.47. The van der Waals surface area contributed by atoms with Crippen molar-refractivity contribution in [2.75, 3.05) is 55.9 Å². The van der Waals surface area contributed by atoms with Crippen molar-refractivity contribution < 1.29 is 37.9 Å². The standard InChI is InChI=1S/C18H34O7.C2H6O/c1-11-7-8-15(24-13(11)9-19-3)25-17-14(10-20-4)23-12(2)16(21-5)18(17)22-6;1-3-2/h11-18H,7-10H2,1-6H3;1-2H3/t11-,12?,13?,14?,15-,16?,17+,18?;/m0./s1. The number of hydrogen-bond donors (Lipinski definition) is 0. The van der Waals surface area contributed by atoms with Crippen LogP contribution in [0.15, 0.2) is 0 Å². The molecule has 2 saturated heterocycles. The molecule has 0 amide bonds. The second-order valence-corrected chi connectivity index (χ2v) is 7.36. The summed E-state index contributed by atoms with van der Waals surface area (Å²) in [6.45, 7) is 5.15. The fourth-order valence-electron chi connectivity index (χ4n) is 3.78. The van der Waals surface area contributed by atoms with Gasteiger partial charge in [0.05, 0.1) is 25.4 Å². The van der Waals surface area contributed by atoms with Crippen LogP contribution in [0, 0.1) is 5.92 Å². The number of hydrogen-bond acceptors (Lipinski definition) is 8. The van der Waals surface area contributed by atoms with E-state index in [0.717, 1.165) is 12.8 Å². The van der Waals surface area contributed by atoms with E-state index in [1.807, 2.05) is 6.92 Å². The lowest BCUT2D eigenvalue weighted by Gasteiger charge is -2.46. The van der Waals surface area contributed by atoms with Crippen LogP contribution < -0.4 is 0 Å². The average molecular weight is 409 g/mol. The van der Waals surface area contributed by atoms with Crippen molar-refractivity contribution in [3.05, 3.63) is 0 Å². The van der Waals surface area contributed by atoms with E-state index in [1.165, 1.54) is 0 Å². The molecule has 2 rings (SSSR count). The largest absolute Gasteiger partial charge is 0.388 e. The Bertz CT molecular complexity index is 396. The van der Waals surface area contributed by atoms with E-state index in [1.54, 1.807) is 42.7 Å². The topological polar surface area (TPSA) is 73.8 Å². The van der Waals surface area contributed by atoms with Gasteiger partial charge in [-0.3, -0.25) is 0 Å². The Morgan fingerprint density at radius 1 is 0.714 bits per heavy atom. The molecule has 168 valence electrons. The first-order chi connectivity index (χ1) is 13.5. The fourth-order valence-corrected chi connectivity index (χ4v) is 3.78. The van der Waals surface area contributed by atoms with Gasteiger partial charge in [-0.15, -0.1) is 0 Å². The van der Waals surface area contributed by atoms with Crippen molar-refractivity contribution in [1.29, 1.82) is 0 Å². The minimum Gasteiger partial charge on any atom is -0.388 e. The predicted octanol–water partition coefficient (Wildman–Crippen LogP) is 1.89. The normalized spacial score (nSPS) is 38.6. The SMILES string of the molecule is COC.COCC1OC(C)C(OC)C(OC)[C@@H]1O[C@H]1CC[C@H](C)C(COC)O1. The third kappa shape index (κ3) is 7.18. The Labute approximate surface area is 170 Å². The van der Waals surface area contributed by atoms with Gasteiger partial charge >= 0.3 is 0 Å². The number of rotatable bonds is 8. The summed E-state index contributed by atoms with van der Waals surface area (Å²) in [5, 5.41) is 0. The molecule has 8 atom stereocenters. The zero-order chi connectivity index (χ0) is 21.1. The van der Waals surface area contributed by atoms with E-state index in [0.29, 0.717) is 19.1 Å². The van der Waals surface area contributed by atoms with Crippen molar-refractivity contribution in [3.63, 3.8) is 0 Å². The van der Waals surface area contributed by atoms with Gasteiger partial charge in [-0.1, -0.05) is 6.92 Å². The summed E-state index contributed by atoms with van der Waals surface area (Å²) in [7, 11) is 9.93. The lowest BCUT2D eigenvalue weighted by Crippen LogP contribution is -2.61. The van der Waals surface area contributed by atoms with Crippen molar-refractivity contribution in [1.82, 2.24) is 0 Å². The Morgan fingerprint density at radius 2 is 1.29 bits per heavy atom. The first-order valence-corrected chi connectivity index (χ1v) is 9.87. The zero-order valence-corrected chi connectivity index (χ0v) is 18.7. The minimum absolute atomic E-state index is 0.0345. The summed E-state index contributed by atoms with van der Waals surface area (Å²) < 4.78 is 44.7. The predicted molar refractivity (Wildman–Crippen MR) is 105 cm³/mol. The maximum Gasteiger partial charge on any atom is 0.158 e. The Balaban J connectivity index is 0.00000122. The minimum atomic E-state index is -0.326. The van der Waals surface area contributed by atoms with Crippen molar-refractivity contribution in [2.24, 2.45) is 5.92 Å². The lowest BCUT2D eigenvalue weighted by atomic mass is 9.94. The smallest absolute Gasteiger partial charge is 0.158 e. The Hall–Kier alpha value is -0.320. The highest BCUT2D eigenvalue weighted by Crippen LogP contribution is 2.32. The molecule has 0 aromatic heterocycles. The van der Waals surface area contributed by atoms with Crippen molar-refractivity contribution in [2.45, 2.75) is 69.6 Å². The van der Waals surface area contributed by atoms with Crippen LogP contribution in [0.4, 0.5) is 0 Å². The van der Waals surface area contributed by atoms with E-state index in [4.69, 9.17) is 33.2 Å². The summed E-state index contributed by atoms with van der Waals surface area (Å²) in [5.41, 5.74) is 0. The molecule has 0 aliphatic carbocycles. The van der Waals surface area contributed by atoms with Gasteiger partial charge in [0, 0.05) is 42.7 Å². The molecular weight excluding hydrogens is 368 g/mol. The van der Waals surface area contributed by atoms with E-state index in [-0.39, 0.29) is 42.9 Å². The molecule has 2 heterocycles. The summed E-state index contributed by atoms with van der Waals surface area (Å²) >= 11 is 0. The van der Waals surface area contributed by atoms with Gasteiger partial charge in [0.1, 0.15) is 24.4 Å². The molecule has 0 radical (unpaired) electrons. The first-order valence-electron chi connectivity index (χ1n) is 9.87. The lowest BCUT2D eigenvalue weighted by molar-refractivity contribution is -0.305. The van der Waals surface area contributed by atoms with Gasteiger partial charge in [0.15, 0.2) is 6.29 Å². The molecule has 2 fully saturated rings. The average Bonchev–Trinajstić information content (AvgIpc) is 2.67. The van der Waals surface area contributed by atoms with Gasteiger partial charge in [-0.05, 0) is 25.7 Å². The molecule has 0 aromatic rings. The molecule has 0 saturated carbocycles. The molecule has 28 heavy (non-hydrogen) atoms. The molecule has 0 bridgehead atoms. The van der Waals surface area contributed by atoms with Crippen LogP contribution in [0.3, 0.4) is 0 Å². The number of methoxy groups -OCH3 is 5. The molecule has 8 heteroatoms. The summed E-state index contributed by atoms with van der Waals surface area (Å²) in [4.78, 5) is 0. The maximum absolute atomic E-state index is 6.32. The molecule has 2 aliphatic heterocycles. The second kappa shape index (κ2) is 13.8. The van der Waals surface area contributed by atoms with Crippen molar-refractivity contribution >= 4 is 0 Å².